The fraction of sp³-hybridized carbons (Fsp3) is 0.0741. The molecule has 0 amide bonds. The summed E-state index contributed by atoms with van der Waals surface area (Å²) in [6.07, 6.45) is -0.0412. The average molecular weight is 403 g/mol. The predicted molar refractivity (Wildman–Crippen MR) is 124 cm³/mol. The Morgan fingerprint density at radius 3 is 2.39 bits per heavy atom. The van der Waals surface area contributed by atoms with E-state index in [2.05, 4.69) is 76.6 Å². The minimum atomic E-state index is -0.0412. The Bertz CT molecular complexity index is 1360. The molecule has 1 atom stereocenters. The van der Waals surface area contributed by atoms with Gasteiger partial charge in [0.05, 0.1) is 11.0 Å². The van der Waals surface area contributed by atoms with Gasteiger partial charge in [0.2, 0.25) is 0 Å². The SMILES string of the molecule is c1ccc(COc2ccc(C3Nc4ccccc4-c4nc5ccccc5n43)cc2)cc1. The van der Waals surface area contributed by atoms with Gasteiger partial charge < -0.3 is 10.1 Å². The van der Waals surface area contributed by atoms with E-state index >= 15 is 0 Å². The van der Waals surface area contributed by atoms with E-state index in [-0.39, 0.29) is 6.17 Å². The molecule has 150 valence electrons. The molecule has 0 saturated heterocycles. The van der Waals surface area contributed by atoms with Crippen LogP contribution >= 0.6 is 0 Å². The van der Waals surface area contributed by atoms with E-state index in [1.807, 2.05) is 36.4 Å². The molecule has 4 nitrogen and oxygen atoms in total. The lowest BCUT2D eigenvalue weighted by Crippen LogP contribution is -2.24. The lowest BCUT2D eigenvalue weighted by atomic mass is 10.1. The molecular formula is C27H21N3O. The summed E-state index contributed by atoms with van der Waals surface area (Å²) in [6, 6.07) is 35.2. The van der Waals surface area contributed by atoms with Gasteiger partial charge in [-0.1, -0.05) is 66.7 Å². The van der Waals surface area contributed by atoms with Crippen molar-refractivity contribution in [3.05, 3.63) is 114 Å². The Morgan fingerprint density at radius 2 is 1.52 bits per heavy atom. The van der Waals surface area contributed by atoms with Gasteiger partial charge >= 0.3 is 0 Å². The third-order valence-corrected chi connectivity index (χ3v) is 5.76. The quantitative estimate of drug-likeness (QED) is 0.385. The maximum absolute atomic E-state index is 5.98. The molecule has 0 fully saturated rings. The summed E-state index contributed by atoms with van der Waals surface area (Å²) in [5.74, 6) is 1.85. The molecule has 4 heteroatoms. The Labute approximate surface area is 180 Å². The molecule has 2 heterocycles. The molecule has 1 unspecified atom stereocenters. The van der Waals surface area contributed by atoms with E-state index in [0.717, 1.165) is 45.0 Å². The van der Waals surface area contributed by atoms with Crippen molar-refractivity contribution in [3.8, 4) is 17.1 Å². The zero-order chi connectivity index (χ0) is 20.6. The summed E-state index contributed by atoms with van der Waals surface area (Å²) < 4.78 is 8.26. The minimum absolute atomic E-state index is 0.0412. The Hall–Kier alpha value is -4.05. The smallest absolute Gasteiger partial charge is 0.145 e. The summed E-state index contributed by atoms with van der Waals surface area (Å²) in [4.78, 5) is 4.95. The summed E-state index contributed by atoms with van der Waals surface area (Å²) in [5, 5.41) is 3.71. The van der Waals surface area contributed by atoms with Gasteiger partial charge in [-0.3, -0.25) is 4.57 Å². The first-order valence-electron chi connectivity index (χ1n) is 10.5. The fourth-order valence-electron chi connectivity index (χ4n) is 4.23. The molecule has 0 spiro atoms. The van der Waals surface area contributed by atoms with E-state index < -0.39 is 0 Å². The van der Waals surface area contributed by atoms with Crippen LogP contribution in [0.1, 0.15) is 17.3 Å². The zero-order valence-corrected chi connectivity index (χ0v) is 16.9. The molecule has 6 rings (SSSR count). The number of nitrogens with one attached hydrogen (secondary N) is 1. The highest BCUT2D eigenvalue weighted by Crippen LogP contribution is 2.40. The summed E-state index contributed by atoms with van der Waals surface area (Å²) in [6.45, 7) is 0.561. The molecule has 4 aromatic carbocycles. The number of benzene rings is 4. The number of para-hydroxylation sites is 3. The average Bonchev–Trinajstić information content (AvgIpc) is 3.23. The number of ether oxygens (including phenoxy) is 1. The van der Waals surface area contributed by atoms with Crippen molar-refractivity contribution in [1.82, 2.24) is 9.55 Å². The molecule has 0 aliphatic carbocycles. The Balaban J connectivity index is 1.36. The van der Waals surface area contributed by atoms with E-state index in [1.165, 1.54) is 0 Å². The third kappa shape index (κ3) is 3.13. The first kappa shape index (κ1) is 17.8. The highest BCUT2D eigenvalue weighted by molar-refractivity contribution is 5.86. The summed E-state index contributed by atoms with van der Waals surface area (Å²) >= 11 is 0. The molecular weight excluding hydrogens is 382 g/mol. The first-order chi connectivity index (χ1) is 15.4. The van der Waals surface area contributed by atoms with Gasteiger partial charge in [0.15, 0.2) is 0 Å². The van der Waals surface area contributed by atoms with E-state index in [0.29, 0.717) is 6.61 Å². The van der Waals surface area contributed by atoms with Crippen molar-refractivity contribution in [1.29, 1.82) is 0 Å². The summed E-state index contributed by atoms with van der Waals surface area (Å²) in [7, 11) is 0. The Kier molecular flexibility index (Phi) is 4.20. The van der Waals surface area contributed by atoms with E-state index in [4.69, 9.17) is 9.72 Å². The van der Waals surface area contributed by atoms with Crippen LogP contribution in [-0.2, 0) is 6.61 Å². The molecule has 0 bridgehead atoms. The lowest BCUT2D eigenvalue weighted by Gasteiger charge is -2.30. The molecule has 1 aliphatic rings. The van der Waals surface area contributed by atoms with E-state index in [1.54, 1.807) is 0 Å². The van der Waals surface area contributed by atoms with Crippen molar-refractivity contribution in [2.24, 2.45) is 0 Å². The number of hydrogen-bond donors (Lipinski definition) is 1. The van der Waals surface area contributed by atoms with Crippen LogP contribution < -0.4 is 10.1 Å². The highest BCUT2D eigenvalue weighted by Gasteiger charge is 2.27. The van der Waals surface area contributed by atoms with Gasteiger partial charge in [-0.25, -0.2) is 4.98 Å². The molecule has 1 N–H and O–H groups in total. The van der Waals surface area contributed by atoms with Crippen molar-refractivity contribution in [2.75, 3.05) is 5.32 Å². The highest BCUT2D eigenvalue weighted by atomic mass is 16.5. The van der Waals surface area contributed by atoms with Crippen molar-refractivity contribution >= 4 is 16.7 Å². The van der Waals surface area contributed by atoms with Crippen LogP contribution in [0.4, 0.5) is 5.69 Å². The second-order valence-electron chi connectivity index (χ2n) is 7.73. The molecule has 1 aromatic heterocycles. The van der Waals surface area contributed by atoms with Gasteiger partial charge in [0.1, 0.15) is 24.3 Å². The van der Waals surface area contributed by atoms with Crippen molar-refractivity contribution < 1.29 is 4.74 Å². The first-order valence-corrected chi connectivity index (χ1v) is 10.5. The zero-order valence-electron chi connectivity index (χ0n) is 16.9. The maximum atomic E-state index is 5.98. The predicted octanol–water partition coefficient (Wildman–Crippen LogP) is 6.25. The fourth-order valence-corrected chi connectivity index (χ4v) is 4.23. The van der Waals surface area contributed by atoms with Crippen LogP contribution in [0.15, 0.2) is 103 Å². The van der Waals surface area contributed by atoms with Gasteiger partial charge in [0.25, 0.3) is 0 Å². The molecule has 5 aromatic rings. The second-order valence-corrected chi connectivity index (χ2v) is 7.73. The Morgan fingerprint density at radius 1 is 0.774 bits per heavy atom. The lowest BCUT2D eigenvalue weighted by molar-refractivity contribution is 0.306. The number of fused-ring (bicyclic) bond motifs is 5. The van der Waals surface area contributed by atoms with Crippen LogP contribution in [-0.4, -0.2) is 9.55 Å². The molecule has 0 saturated carbocycles. The van der Waals surface area contributed by atoms with Crippen molar-refractivity contribution in [3.63, 3.8) is 0 Å². The van der Waals surface area contributed by atoms with Gasteiger partial charge in [-0.05, 0) is 47.5 Å². The minimum Gasteiger partial charge on any atom is -0.489 e. The second kappa shape index (κ2) is 7.33. The normalized spacial score (nSPS) is 14.5. The standard InChI is InChI=1S/C27H21N3O/c1-2-8-19(9-3-1)18-31-21-16-14-20(15-17-21)26-28-23-11-5-4-10-22(23)27-29-24-12-6-7-13-25(24)30(26)27/h1-17,26,28H,18H2. The number of anilines is 1. The monoisotopic (exact) mass is 403 g/mol. The maximum Gasteiger partial charge on any atom is 0.145 e. The van der Waals surface area contributed by atoms with Gasteiger partial charge in [-0.15, -0.1) is 0 Å². The molecule has 31 heavy (non-hydrogen) atoms. The van der Waals surface area contributed by atoms with E-state index in [9.17, 15) is 0 Å². The van der Waals surface area contributed by atoms with Crippen LogP contribution in [0.2, 0.25) is 0 Å². The molecule has 0 radical (unpaired) electrons. The van der Waals surface area contributed by atoms with Crippen molar-refractivity contribution in [2.45, 2.75) is 12.8 Å². The largest absolute Gasteiger partial charge is 0.489 e. The number of rotatable bonds is 4. The third-order valence-electron chi connectivity index (χ3n) is 5.76. The van der Waals surface area contributed by atoms with Gasteiger partial charge in [-0.2, -0.15) is 0 Å². The number of hydrogen-bond acceptors (Lipinski definition) is 3. The number of aromatic nitrogens is 2. The van der Waals surface area contributed by atoms with Crippen LogP contribution in [0.5, 0.6) is 5.75 Å². The number of imidazole rings is 1. The summed E-state index contributed by atoms with van der Waals surface area (Å²) in [5.41, 5.74) is 6.66. The van der Waals surface area contributed by atoms with Crippen LogP contribution in [0.3, 0.4) is 0 Å². The molecule has 1 aliphatic heterocycles. The van der Waals surface area contributed by atoms with Crippen LogP contribution in [0.25, 0.3) is 22.4 Å². The van der Waals surface area contributed by atoms with Gasteiger partial charge in [0, 0.05) is 11.3 Å². The van der Waals surface area contributed by atoms with Crippen LogP contribution in [0, 0.1) is 0 Å². The topological polar surface area (TPSA) is 39.1 Å². The number of nitrogens with zero attached hydrogens (tertiary/aromatic N) is 2.